The smallest absolute Gasteiger partial charge is 0.257 e. The molecule has 0 aliphatic carbocycles. The van der Waals surface area contributed by atoms with Crippen molar-refractivity contribution >= 4 is 17.3 Å². The number of aryl methyl sites for hydroxylation is 1. The Balaban J connectivity index is 2.28. The van der Waals surface area contributed by atoms with Gasteiger partial charge >= 0.3 is 0 Å². The largest absolute Gasteiger partial charge is 0.387 e. The average Bonchev–Trinajstić information content (AvgIpc) is 2.41. The molecular weight excluding hydrogens is 245 g/mol. The second-order valence-corrected chi connectivity index (χ2v) is 4.11. The summed E-state index contributed by atoms with van der Waals surface area (Å²) in [5, 5.41) is 5.48. The second kappa shape index (κ2) is 5.48. The monoisotopic (exact) mass is 259 g/mol. The number of nitrogens with zero attached hydrogens (tertiary/aromatic N) is 1. The van der Waals surface area contributed by atoms with Gasteiger partial charge in [0.05, 0.1) is 17.4 Å². The molecule has 5 heteroatoms. The van der Waals surface area contributed by atoms with E-state index in [0.717, 1.165) is 11.8 Å². The van der Waals surface area contributed by atoms with Crippen molar-refractivity contribution in [3.63, 3.8) is 0 Å². The number of carbonyl (C=O) groups is 1. The number of benzene rings is 1. The van der Waals surface area contributed by atoms with Gasteiger partial charge in [-0.15, -0.1) is 0 Å². The van der Waals surface area contributed by atoms with Crippen molar-refractivity contribution in [2.24, 2.45) is 0 Å². The first-order valence-corrected chi connectivity index (χ1v) is 5.81. The summed E-state index contributed by atoms with van der Waals surface area (Å²) >= 11 is 0. The molecule has 0 fully saturated rings. The summed E-state index contributed by atoms with van der Waals surface area (Å²) in [5.41, 5.74) is 2.31. The molecule has 0 aliphatic rings. The Morgan fingerprint density at radius 2 is 2.05 bits per heavy atom. The van der Waals surface area contributed by atoms with E-state index in [1.54, 1.807) is 13.1 Å². The molecule has 1 amide bonds. The van der Waals surface area contributed by atoms with Gasteiger partial charge in [-0.1, -0.05) is 6.07 Å². The lowest BCUT2D eigenvalue weighted by atomic mass is 10.1. The first-order chi connectivity index (χ1) is 9.11. The van der Waals surface area contributed by atoms with Gasteiger partial charge in [-0.25, -0.2) is 4.39 Å². The van der Waals surface area contributed by atoms with E-state index in [1.807, 2.05) is 19.1 Å². The summed E-state index contributed by atoms with van der Waals surface area (Å²) < 4.78 is 13.4. The molecule has 0 bridgehead atoms. The zero-order valence-corrected chi connectivity index (χ0v) is 10.7. The van der Waals surface area contributed by atoms with Crippen LogP contribution in [0.25, 0.3) is 0 Å². The molecule has 2 N–H and O–H groups in total. The van der Waals surface area contributed by atoms with Gasteiger partial charge in [-0.05, 0) is 30.7 Å². The Morgan fingerprint density at radius 1 is 1.26 bits per heavy atom. The van der Waals surface area contributed by atoms with Crippen molar-refractivity contribution in [1.82, 2.24) is 4.98 Å². The molecule has 1 heterocycles. The minimum absolute atomic E-state index is 0.114. The molecule has 1 aromatic heterocycles. The maximum atomic E-state index is 13.4. The summed E-state index contributed by atoms with van der Waals surface area (Å²) in [4.78, 5) is 15.8. The normalized spacial score (nSPS) is 10.1. The Kier molecular flexibility index (Phi) is 3.75. The number of pyridine rings is 1. The maximum Gasteiger partial charge on any atom is 0.257 e. The second-order valence-electron chi connectivity index (χ2n) is 4.11. The molecule has 0 radical (unpaired) electrons. The molecule has 0 atom stereocenters. The summed E-state index contributed by atoms with van der Waals surface area (Å²) in [5.74, 6) is -0.927. The van der Waals surface area contributed by atoms with Crippen molar-refractivity contribution in [3.05, 3.63) is 53.6 Å². The van der Waals surface area contributed by atoms with Crippen LogP contribution in [0.2, 0.25) is 0 Å². The van der Waals surface area contributed by atoms with Crippen LogP contribution in [0, 0.1) is 12.7 Å². The Morgan fingerprint density at radius 3 is 2.74 bits per heavy atom. The number of halogens is 1. The molecule has 2 aromatic rings. The van der Waals surface area contributed by atoms with Gasteiger partial charge in [-0.2, -0.15) is 0 Å². The zero-order chi connectivity index (χ0) is 13.8. The fraction of sp³-hybridized carbons (Fsp3) is 0.143. The summed E-state index contributed by atoms with van der Waals surface area (Å²) in [6.45, 7) is 1.94. The van der Waals surface area contributed by atoms with E-state index < -0.39 is 5.82 Å². The number of hydrogen-bond donors (Lipinski definition) is 2. The van der Waals surface area contributed by atoms with Crippen LogP contribution >= 0.6 is 0 Å². The first kappa shape index (κ1) is 13.0. The van der Waals surface area contributed by atoms with Gasteiger partial charge in [0.15, 0.2) is 5.82 Å². The highest BCUT2D eigenvalue weighted by molar-refractivity contribution is 6.08. The average molecular weight is 259 g/mol. The number of amides is 1. The molecule has 0 unspecified atom stereocenters. The predicted octanol–water partition coefficient (Wildman–Crippen LogP) is 2.82. The third-order valence-electron chi connectivity index (χ3n) is 2.71. The lowest BCUT2D eigenvalue weighted by Gasteiger charge is -2.11. The Labute approximate surface area is 110 Å². The van der Waals surface area contributed by atoms with Crippen LogP contribution < -0.4 is 10.6 Å². The van der Waals surface area contributed by atoms with E-state index in [0.29, 0.717) is 11.3 Å². The van der Waals surface area contributed by atoms with Gasteiger partial charge in [-0.3, -0.25) is 9.78 Å². The van der Waals surface area contributed by atoms with Crippen LogP contribution in [0.1, 0.15) is 15.9 Å². The van der Waals surface area contributed by atoms with Gasteiger partial charge in [0.2, 0.25) is 0 Å². The molecule has 0 aliphatic heterocycles. The lowest BCUT2D eigenvalue weighted by Crippen LogP contribution is -2.15. The standard InChI is InChI=1S/C14H14FN3O/c1-9-3-4-10(13(7-9)16-2)14(19)18-12-5-6-17-8-11(12)15/h3-8,16H,1-2H3,(H,17,18,19). The molecule has 0 saturated carbocycles. The summed E-state index contributed by atoms with van der Waals surface area (Å²) in [6.07, 6.45) is 2.48. The van der Waals surface area contributed by atoms with Crippen LogP contribution in [0.3, 0.4) is 0 Å². The summed E-state index contributed by atoms with van der Waals surface area (Å²) in [6, 6.07) is 6.81. The molecule has 0 spiro atoms. The summed E-state index contributed by atoms with van der Waals surface area (Å²) in [7, 11) is 1.73. The van der Waals surface area contributed by atoms with Crippen molar-refractivity contribution in [3.8, 4) is 0 Å². The number of anilines is 2. The minimum atomic E-state index is -0.561. The molecule has 0 saturated heterocycles. The maximum absolute atomic E-state index is 13.4. The fourth-order valence-electron chi connectivity index (χ4n) is 1.73. The number of hydrogen-bond acceptors (Lipinski definition) is 3. The lowest BCUT2D eigenvalue weighted by molar-refractivity contribution is 0.102. The van der Waals surface area contributed by atoms with E-state index in [1.165, 1.54) is 12.3 Å². The van der Waals surface area contributed by atoms with Crippen molar-refractivity contribution in [2.75, 3.05) is 17.7 Å². The van der Waals surface area contributed by atoms with Crippen LogP contribution in [0.4, 0.5) is 15.8 Å². The molecular formula is C14H14FN3O. The number of aromatic nitrogens is 1. The first-order valence-electron chi connectivity index (χ1n) is 5.81. The van der Waals surface area contributed by atoms with Gasteiger partial charge in [0, 0.05) is 18.9 Å². The number of carbonyl (C=O) groups excluding carboxylic acids is 1. The fourth-order valence-corrected chi connectivity index (χ4v) is 1.73. The third kappa shape index (κ3) is 2.88. The van der Waals surface area contributed by atoms with E-state index >= 15 is 0 Å². The highest BCUT2D eigenvalue weighted by Gasteiger charge is 2.12. The molecule has 1 aromatic carbocycles. The minimum Gasteiger partial charge on any atom is -0.387 e. The number of rotatable bonds is 3. The highest BCUT2D eigenvalue weighted by atomic mass is 19.1. The van der Waals surface area contributed by atoms with E-state index in [9.17, 15) is 9.18 Å². The highest BCUT2D eigenvalue weighted by Crippen LogP contribution is 2.19. The van der Waals surface area contributed by atoms with Crippen molar-refractivity contribution < 1.29 is 9.18 Å². The van der Waals surface area contributed by atoms with Crippen molar-refractivity contribution in [2.45, 2.75) is 6.92 Å². The Hall–Kier alpha value is -2.43. The number of nitrogens with one attached hydrogen (secondary N) is 2. The topological polar surface area (TPSA) is 54.0 Å². The molecule has 4 nitrogen and oxygen atoms in total. The van der Waals surface area contributed by atoms with Crippen LogP contribution in [0.5, 0.6) is 0 Å². The third-order valence-corrected chi connectivity index (χ3v) is 2.71. The van der Waals surface area contributed by atoms with E-state index in [2.05, 4.69) is 15.6 Å². The van der Waals surface area contributed by atoms with E-state index in [4.69, 9.17) is 0 Å². The van der Waals surface area contributed by atoms with Gasteiger partial charge in [0.25, 0.3) is 5.91 Å². The van der Waals surface area contributed by atoms with Crippen LogP contribution in [0.15, 0.2) is 36.7 Å². The molecule has 98 valence electrons. The van der Waals surface area contributed by atoms with Crippen LogP contribution in [-0.4, -0.2) is 17.9 Å². The predicted molar refractivity (Wildman–Crippen MR) is 72.9 cm³/mol. The van der Waals surface area contributed by atoms with Crippen LogP contribution in [-0.2, 0) is 0 Å². The zero-order valence-electron chi connectivity index (χ0n) is 10.7. The Bertz CT molecular complexity index is 613. The molecule has 19 heavy (non-hydrogen) atoms. The quantitative estimate of drug-likeness (QED) is 0.891. The van der Waals surface area contributed by atoms with E-state index in [-0.39, 0.29) is 11.6 Å². The van der Waals surface area contributed by atoms with Gasteiger partial charge in [0.1, 0.15) is 0 Å². The van der Waals surface area contributed by atoms with Gasteiger partial charge < -0.3 is 10.6 Å². The SMILES string of the molecule is CNc1cc(C)ccc1C(=O)Nc1ccncc1F. The molecule has 2 rings (SSSR count). The van der Waals surface area contributed by atoms with Crippen molar-refractivity contribution in [1.29, 1.82) is 0 Å².